The Balaban J connectivity index is 2.10. The van der Waals surface area contributed by atoms with Gasteiger partial charge in [0.05, 0.1) is 5.75 Å². The first-order valence-electron chi connectivity index (χ1n) is 10.7. The zero-order chi connectivity index (χ0) is 21.9. The lowest BCUT2D eigenvalue weighted by molar-refractivity contribution is -0.139. The highest BCUT2D eigenvalue weighted by molar-refractivity contribution is 7.99. The van der Waals surface area contributed by atoms with Crippen LogP contribution in [0.15, 0.2) is 54.6 Å². The zero-order valence-electron chi connectivity index (χ0n) is 18.6. The summed E-state index contributed by atoms with van der Waals surface area (Å²) in [6, 6.07) is 17.9. The summed E-state index contributed by atoms with van der Waals surface area (Å²) in [6.07, 6.45) is 1.45. The van der Waals surface area contributed by atoms with Crippen LogP contribution in [0.2, 0.25) is 0 Å². The number of aryl methyl sites for hydroxylation is 1. The lowest BCUT2D eigenvalue weighted by Gasteiger charge is -2.31. The number of hydrogen-bond acceptors (Lipinski definition) is 3. The monoisotopic (exact) mass is 426 g/mol. The molecule has 0 aliphatic heterocycles. The lowest BCUT2D eigenvalue weighted by Crippen LogP contribution is -2.51. The Labute approximate surface area is 185 Å². The Bertz CT molecular complexity index is 810. The van der Waals surface area contributed by atoms with Gasteiger partial charge in [0.25, 0.3) is 0 Å². The number of amides is 2. The number of benzene rings is 2. The van der Waals surface area contributed by atoms with Gasteiger partial charge in [0.2, 0.25) is 11.8 Å². The Hall–Kier alpha value is -2.27. The summed E-state index contributed by atoms with van der Waals surface area (Å²) >= 11 is 1.60. The molecule has 2 aromatic rings. The van der Waals surface area contributed by atoms with Crippen molar-refractivity contribution in [3.63, 3.8) is 0 Å². The number of carbonyl (C=O) groups is 2. The molecule has 0 radical (unpaired) electrons. The van der Waals surface area contributed by atoms with Crippen LogP contribution < -0.4 is 5.32 Å². The first-order valence-corrected chi connectivity index (χ1v) is 11.9. The van der Waals surface area contributed by atoms with Crippen molar-refractivity contribution in [2.75, 3.05) is 5.75 Å². The van der Waals surface area contributed by atoms with Gasteiger partial charge in [-0.2, -0.15) is 0 Å². The molecule has 4 nitrogen and oxygen atoms in total. The predicted octanol–water partition coefficient (Wildman–Crippen LogP) is 4.95. The minimum absolute atomic E-state index is 0.00246. The molecule has 0 bridgehead atoms. The minimum Gasteiger partial charge on any atom is -0.352 e. The maximum atomic E-state index is 13.2. The van der Waals surface area contributed by atoms with Crippen LogP contribution >= 0.6 is 11.8 Å². The second-order valence-electron chi connectivity index (χ2n) is 7.73. The van der Waals surface area contributed by atoms with E-state index in [0.29, 0.717) is 18.7 Å². The molecular weight excluding hydrogens is 392 g/mol. The molecule has 5 heteroatoms. The molecule has 2 atom stereocenters. The summed E-state index contributed by atoms with van der Waals surface area (Å²) in [5.41, 5.74) is 3.46. The summed E-state index contributed by atoms with van der Waals surface area (Å²) in [7, 11) is 0. The lowest BCUT2D eigenvalue weighted by atomic mass is 10.1. The quantitative estimate of drug-likeness (QED) is 0.553. The number of carbonyl (C=O) groups excluding carboxylic acids is 2. The summed E-state index contributed by atoms with van der Waals surface area (Å²) in [4.78, 5) is 27.8. The summed E-state index contributed by atoms with van der Waals surface area (Å²) in [6.45, 7) is 8.51. The van der Waals surface area contributed by atoms with Crippen LogP contribution in [0.4, 0.5) is 0 Å². The van der Waals surface area contributed by atoms with E-state index in [1.807, 2.05) is 57.2 Å². The maximum Gasteiger partial charge on any atom is 0.243 e. The molecule has 0 heterocycles. The Kier molecular flexibility index (Phi) is 9.95. The van der Waals surface area contributed by atoms with Gasteiger partial charge < -0.3 is 10.2 Å². The third-order valence-electron chi connectivity index (χ3n) is 5.16. The van der Waals surface area contributed by atoms with E-state index in [-0.39, 0.29) is 17.9 Å². The second kappa shape index (κ2) is 12.4. The third-order valence-corrected chi connectivity index (χ3v) is 6.15. The molecule has 0 aromatic heterocycles. The zero-order valence-corrected chi connectivity index (χ0v) is 19.4. The summed E-state index contributed by atoms with van der Waals surface area (Å²) < 4.78 is 0. The molecule has 0 saturated heterocycles. The molecule has 2 aromatic carbocycles. The number of thioether (sulfide) groups is 1. The van der Waals surface area contributed by atoms with E-state index in [1.165, 1.54) is 11.1 Å². The molecule has 1 N–H and O–H groups in total. The molecule has 0 fully saturated rings. The van der Waals surface area contributed by atoms with E-state index in [4.69, 9.17) is 0 Å². The van der Waals surface area contributed by atoms with E-state index < -0.39 is 6.04 Å². The first kappa shape index (κ1) is 24.0. The largest absolute Gasteiger partial charge is 0.352 e. The SMILES string of the molecule is CCC(C)NC(=O)C(CC)N(Cc1ccccc1)C(=O)CSCc1cccc(C)c1. The van der Waals surface area contributed by atoms with Gasteiger partial charge in [-0.05, 0) is 37.8 Å². The molecule has 30 heavy (non-hydrogen) atoms. The van der Waals surface area contributed by atoms with E-state index >= 15 is 0 Å². The van der Waals surface area contributed by atoms with Gasteiger partial charge in [0, 0.05) is 18.3 Å². The van der Waals surface area contributed by atoms with Gasteiger partial charge in [0.15, 0.2) is 0 Å². The fraction of sp³-hybridized carbons (Fsp3) is 0.440. The molecule has 0 saturated carbocycles. The van der Waals surface area contributed by atoms with Crippen LogP contribution in [0, 0.1) is 6.92 Å². The average Bonchev–Trinajstić information content (AvgIpc) is 2.74. The Morgan fingerprint density at radius 1 is 1.00 bits per heavy atom. The van der Waals surface area contributed by atoms with Crippen LogP contribution in [-0.4, -0.2) is 34.6 Å². The molecule has 2 amide bonds. The van der Waals surface area contributed by atoms with Crippen molar-refractivity contribution in [3.05, 3.63) is 71.3 Å². The molecule has 2 rings (SSSR count). The van der Waals surface area contributed by atoms with Gasteiger partial charge >= 0.3 is 0 Å². The maximum absolute atomic E-state index is 13.2. The standard InChI is InChI=1S/C25H34N2O2S/c1-5-20(4)26-25(29)23(6-2)27(16-21-12-8-7-9-13-21)24(28)18-30-17-22-14-10-11-19(3)15-22/h7-15,20,23H,5-6,16-18H2,1-4H3,(H,26,29). The number of nitrogens with zero attached hydrogens (tertiary/aromatic N) is 1. The van der Waals surface area contributed by atoms with Gasteiger partial charge in [-0.25, -0.2) is 0 Å². The van der Waals surface area contributed by atoms with E-state index in [1.54, 1.807) is 16.7 Å². The van der Waals surface area contributed by atoms with Gasteiger partial charge in [-0.3, -0.25) is 9.59 Å². The highest BCUT2D eigenvalue weighted by Crippen LogP contribution is 2.18. The highest BCUT2D eigenvalue weighted by Gasteiger charge is 2.29. The van der Waals surface area contributed by atoms with Gasteiger partial charge in [0.1, 0.15) is 6.04 Å². The van der Waals surface area contributed by atoms with Crippen LogP contribution in [0.3, 0.4) is 0 Å². The summed E-state index contributed by atoms with van der Waals surface area (Å²) in [5.74, 6) is 1.07. The Morgan fingerprint density at radius 3 is 2.33 bits per heavy atom. The van der Waals surface area contributed by atoms with E-state index in [9.17, 15) is 9.59 Å². The number of rotatable bonds is 11. The first-order chi connectivity index (χ1) is 14.4. The van der Waals surface area contributed by atoms with Gasteiger partial charge in [-0.1, -0.05) is 74.0 Å². The minimum atomic E-state index is -0.466. The van der Waals surface area contributed by atoms with Crippen LogP contribution in [-0.2, 0) is 21.9 Å². The van der Waals surface area contributed by atoms with E-state index in [2.05, 4.69) is 30.4 Å². The molecule has 0 spiro atoms. The van der Waals surface area contributed by atoms with Crippen molar-refractivity contribution in [3.8, 4) is 0 Å². The van der Waals surface area contributed by atoms with Crippen LogP contribution in [0.1, 0.15) is 50.3 Å². The predicted molar refractivity (Wildman–Crippen MR) is 126 cm³/mol. The molecule has 162 valence electrons. The fourth-order valence-electron chi connectivity index (χ4n) is 3.28. The van der Waals surface area contributed by atoms with Crippen molar-refractivity contribution in [1.82, 2.24) is 10.2 Å². The van der Waals surface area contributed by atoms with Gasteiger partial charge in [-0.15, -0.1) is 11.8 Å². The molecule has 2 unspecified atom stereocenters. The normalized spacial score (nSPS) is 12.8. The molecule has 0 aliphatic rings. The third kappa shape index (κ3) is 7.52. The van der Waals surface area contributed by atoms with Crippen molar-refractivity contribution in [1.29, 1.82) is 0 Å². The van der Waals surface area contributed by atoms with E-state index in [0.717, 1.165) is 17.7 Å². The van der Waals surface area contributed by atoms with Crippen molar-refractivity contribution in [2.45, 2.75) is 64.9 Å². The smallest absolute Gasteiger partial charge is 0.243 e. The Morgan fingerprint density at radius 2 is 1.70 bits per heavy atom. The molecular formula is C25H34N2O2S. The van der Waals surface area contributed by atoms with Crippen molar-refractivity contribution in [2.24, 2.45) is 0 Å². The summed E-state index contributed by atoms with van der Waals surface area (Å²) in [5, 5.41) is 3.05. The number of hydrogen-bond donors (Lipinski definition) is 1. The number of nitrogens with one attached hydrogen (secondary N) is 1. The second-order valence-corrected chi connectivity index (χ2v) is 8.72. The fourth-order valence-corrected chi connectivity index (χ4v) is 4.14. The van der Waals surface area contributed by atoms with Crippen molar-refractivity contribution >= 4 is 23.6 Å². The van der Waals surface area contributed by atoms with Crippen molar-refractivity contribution < 1.29 is 9.59 Å². The van der Waals surface area contributed by atoms with Crippen LogP contribution in [0.5, 0.6) is 0 Å². The highest BCUT2D eigenvalue weighted by atomic mass is 32.2. The average molecular weight is 427 g/mol. The topological polar surface area (TPSA) is 49.4 Å². The molecule has 0 aliphatic carbocycles. The van der Waals surface area contributed by atoms with Crippen LogP contribution in [0.25, 0.3) is 0 Å².